The molecule has 0 aromatic carbocycles. The Morgan fingerprint density at radius 3 is 2.80 bits per heavy atom. The minimum Gasteiger partial charge on any atom is -0.477 e. The normalized spacial score (nSPS) is 11.2. The summed E-state index contributed by atoms with van der Waals surface area (Å²) in [6, 6.07) is 0. The fourth-order valence-corrected chi connectivity index (χ4v) is 1.27. The summed E-state index contributed by atoms with van der Waals surface area (Å²) in [7, 11) is 0. The molecule has 0 aliphatic heterocycles. The third-order valence-corrected chi connectivity index (χ3v) is 2.19. The second-order valence-electron chi connectivity index (χ2n) is 2.65. The van der Waals surface area contributed by atoms with Crippen molar-refractivity contribution in [2.75, 3.05) is 0 Å². The molecule has 0 aliphatic carbocycles. The topological polar surface area (TPSA) is 74.9 Å². The number of pyridine rings is 1. The van der Waals surface area contributed by atoms with Crippen LogP contribution in [0.4, 0.5) is 11.4 Å². The van der Waals surface area contributed by atoms with E-state index in [1.54, 1.807) is 0 Å². The van der Waals surface area contributed by atoms with Crippen LogP contribution >= 0.6 is 15.9 Å². The van der Waals surface area contributed by atoms with Crippen molar-refractivity contribution in [2.24, 2.45) is 9.98 Å². The van der Waals surface area contributed by atoms with Crippen molar-refractivity contribution in [1.82, 2.24) is 4.98 Å². The van der Waals surface area contributed by atoms with Crippen LogP contribution in [0.3, 0.4) is 0 Å². The van der Waals surface area contributed by atoms with Gasteiger partial charge < -0.3 is 5.11 Å². The Morgan fingerprint density at radius 1 is 1.60 bits per heavy atom. The standard InChI is InChI=1S/C9H8BrN3O2/c1-5(9(14)15)13-8-6(10)3-12-4-7(8)11-2/h3-4H,2H2,1H3,(H,14,15). The molecule has 0 radical (unpaired) electrons. The number of nitrogens with zero attached hydrogens (tertiary/aromatic N) is 3. The van der Waals surface area contributed by atoms with E-state index in [2.05, 4.69) is 37.6 Å². The number of carboxylic acid groups (broad SMARTS) is 1. The van der Waals surface area contributed by atoms with Crippen molar-refractivity contribution < 1.29 is 9.90 Å². The van der Waals surface area contributed by atoms with E-state index < -0.39 is 5.97 Å². The van der Waals surface area contributed by atoms with Gasteiger partial charge in [-0.15, -0.1) is 0 Å². The molecule has 0 saturated carbocycles. The van der Waals surface area contributed by atoms with Crippen molar-refractivity contribution in [3.63, 3.8) is 0 Å². The maximum Gasteiger partial charge on any atom is 0.349 e. The lowest BCUT2D eigenvalue weighted by molar-refractivity contribution is -0.129. The number of carboxylic acids is 1. The lowest BCUT2D eigenvalue weighted by Crippen LogP contribution is -2.07. The summed E-state index contributed by atoms with van der Waals surface area (Å²) in [4.78, 5) is 22.1. The molecule has 5 nitrogen and oxygen atoms in total. The Hall–Kier alpha value is -1.56. The predicted molar refractivity (Wildman–Crippen MR) is 61.6 cm³/mol. The van der Waals surface area contributed by atoms with Crippen LogP contribution in [0.15, 0.2) is 26.9 Å². The Labute approximate surface area is 94.7 Å². The monoisotopic (exact) mass is 269 g/mol. The molecule has 0 saturated heterocycles. The molecule has 0 aliphatic rings. The van der Waals surface area contributed by atoms with Gasteiger partial charge >= 0.3 is 5.97 Å². The molecule has 0 atom stereocenters. The molecule has 0 unspecified atom stereocenters. The zero-order valence-electron chi connectivity index (χ0n) is 7.94. The number of carbonyl (C=O) groups is 1. The van der Waals surface area contributed by atoms with Gasteiger partial charge in [0, 0.05) is 6.20 Å². The van der Waals surface area contributed by atoms with E-state index in [1.165, 1.54) is 19.3 Å². The Balaban J connectivity index is 3.30. The lowest BCUT2D eigenvalue weighted by atomic mass is 10.3. The van der Waals surface area contributed by atoms with Crippen molar-refractivity contribution in [1.29, 1.82) is 0 Å². The highest BCUT2D eigenvalue weighted by molar-refractivity contribution is 9.10. The average molecular weight is 270 g/mol. The van der Waals surface area contributed by atoms with Gasteiger partial charge in [0.25, 0.3) is 0 Å². The zero-order valence-corrected chi connectivity index (χ0v) is 9.52. The molecule has 1 rings (SSSR count). The zero-order chi connectivity index (χ0) is 11.4. The predicted octanol–water partition coefficient (Wildman–Crippen LogP) is 2.35. The number of rotatable bonds is 3. The molecule has 1 aromatic heterocycles. The third kappa shape index (κ3) is 2.69. The first kappa shape index (κ1) is 11.5. The molecular formula is C9H8BrN3O2. The van der Waals surface area contributed by atoms with Gasteiger partial charge in [0.1, 0.15) is 17.1 Å². The first-order valence-corrected chi connectivity index (χ1v) is 4.74. The van der Waals surface area contributed by atoms with Crippen molar-refractivity contribution in [3.05, 3.63) is 16.9 Å². The molecule has 15 heavy (non-hydrogen) atoms. The van der Waals surface area contributed by atoms with Crippen molar-refractivity contribution >= 4 is 45.7 Å². The summed E-state index contributed by atoms with van der Waals surface area (Å²) in [5.41, 5.74) is 0.830. The van der Waals surface area contributed by atoms with Crippen molar-refractivity contribution in [3.8, 4) is 0 Å². The Bertz CT molecular complexity index is 443. The molecular weight excluding hydrogens is 262 g/mol. The molecule has 1 N–H and O–H groups in total. The van der Waals surface area contributed by atoms with Gasteiger partial charge in [-0.25, -0.2) is 9.79 Å². The van der Waals surface area contributed by atoms with Gasteiger partial charge in [0.05, 0.1) is 10.7 Å². The molecule has 0 spiro atoms. The Morgan fingerprint density at radius 2 is 2.27 bits per heavy atom. The van der Waals surface area contributed by atoms with Crippen LogP contribution in [0, 0.1) is 0 Å². The van der Waals surface area contributed by atoms with Gasteiger partial charge in [-0.05, 0) is 29.6 Å². The highest BCUT2D eigenvalue weighted by Crippen LogP contribution is 2.34. The SMILES string of the molecule is C=Nc1cncc(Br)c1N=C(C)C(=O)O. The number of hydrogen-bond donors (Lipinski definition) is 1. The van der Waals surface area contributed by atoms with Crippen LogP contribution in [0.5, 0.6) is 0 Å². The summed E-state index contributed by atoms with van der Waals surface area (Å²) in [6.07, 6.45) is 2.98. The van der Waals surface area contributed by atoms with E-state index in [4.69, 9.17) is 5.11 Å². The average Bonchev–Trinajstić information content (AvgIpc) is 2.20. The molecule has 6 heteroatoms. The first-order valence-electron chi connectivity index (χ1n) is 3.95. The second kappa shape index (κ2) is 4.79. The van der Waals surface area contributed by atoms with Gasteiger partial charge in [0.15, 0.2) is 0 Å². The van der Waals surface area contributed by atoms with E-state index in [-0.39, 0.29) is 5.71 Å². The number of aliphatic imine (C=N–C) groups is 2. The maximum atomic E-state index is 10.6. The van der Waals surface area contributed by atoms with Crippen LogP contribution in [0.2, 0.25) is 0 Å². The molecule has 1 aromatic rings. The summed E-state index contributed by atoms with van der Waals surface area (Å²) in [6.45, 7) is 4.76. The third-order valence-electron chi connectivity index (χ3n) is 1.61. The number of aliphatic carboxylic acids is 1. The molecule has 0 bridgehead atoms. The Kier molecular flexibility index (Phi) is 3.68. The first-order chi connectivity index (χ1) is 7.06. The number of aromatic nitrogens is 1. The quantitative estimate of drug-likeness (QED) is 0.856. The fourth-order valence-electron chi connectivity index (χ4n) is 0.860. The second-order valence-corrected chi connectivity index (χ2v) is 3.50. The molecule has 0 amide bonds. The van der Waals surface area contributed by atoms with Gasteiger partial charge in [0.2, 0.25) is 0 Å². The number of halogens is 1. The van der Waals surface area contributed by atoms with Gasteiger partial charge in [-0.2, -0.15) is 0 Å². The van der Waals surface area contributed by atoms with Crippen LogP contribution < -0.4 is 0 Å². The van der Waals surface area contributed by atoms with E-state index in [1.807, 2.05) is 0 Å². The van der Waals surface area contributed by atoms with Crippen LogP contribution in [0.1, 0.15) is 6.92 Å². The fraction of sp³-hybridized carbons (Fsp3) is 0.111. The van der Waals surface area contributed by atoms with E-state index >= 15 is 0 Å². The summed E-state index contributed by atoms with van der Waals surface area (Å²) < 4.78 is 0.577. The van der Waals surface area contributed by atoms with E-state index in [9.17, 15) is 4.79 Å². The van der Waals surface area contributed by atoms with E-state index in [0.717, 1.165) is 0 Å². The van der Waals surface area contributed by atoms with Gasteiger partial charge in [-0.1, -0.05) is 0 Å². The minimum absolute atomic E-state index is 0.0215. The smallest absolute Gasteiger partial charge is 0.349 e. The number of hydrogen-bond acceptors (Lipinski definition) is 4. The molecule has 0 fully saturated rings. The summed E-state index contributed by atoms with van der Waals surface area (Å²) in [5.74, 6) is -1.08. The largest absolute Gasteiger partial charge is 0.477 e. The van der Waals surface area contributed by atoms with Crippen LogP contribution in [-0.2, 0) is 4.79 Å². The molecule has 78 valence electrons. The highest BCUT2D eigenvalue weighted by atomic mass is 79.9. The van der Waals surface area contributed by atoms with Crippen LogP contribution in [-0.4, -0.2) is 28.5 Å². The van der Waals surface area contributed by atoms with Crippen LogP contribution in [0.25, 0.3) is 0 Å². The highest BCUT2D eigenvalue weighted by Gasteiger charge is 2.08. The molecule has 1 heterocycles. The van der Waals surface area contributed by atoms with Crippen molar-refractivity contribution in [2.45, 2.75) is 6.92 Å². The lowest BCUT2D eigenvalue weighted by Gasteiger charge is -2.02. The van der Waals surface area contributed by atoms with Gasteiger partial charge in [-0.3, -0.25) is 9.98 Å². The summed E-state index contributed by atoms with van der Waals surface area (Å²) in [5, 5.41) is 8.69. The minimum atomic E-state index is -1.08. The van der Waals surface area contributed by atoms with E-state index in [0.29, 0.717) is 15.8 Å². The summed E-state index contributed by atoms with van der Waals surface area (Å²) >= 11 is 3.22. The maximum absolute atomic E-state index is 10.6.